The zero-order valence-corrected chi connectivity index (χ0v) is 51.4. The first kappa shape index (κ1) is 67.5. The van der Waals surface area contributed by atoms with E-state index >= 15 is 0 Å². The van der Waals surface area contributed by atoms with Gasteiger partial charge in [0.25, 0.3) is 11.8 Å². The molecular weight excluding hydrogens is 1110 g/mol. The molecule has 3 heterocycles. The zero-order valence-electron chi connectivity index (χ0n) is 51.4. The first-order valence-electron chi connectivity index (χ1n) is 30.6. The largest absolute Gasteiger partial charge is 0.445 e. The average Bonchev–Trinajstić information content (AvgIpc) is 2.61. The van der Waals surface area contributed by atoms with Gasteiger partial charge in [-0.1, -0.05) is 97.6 Å². The fourth-order valence-electron chi connectivity index (χ4n) is 10.2. The number of urea groups is 1. The summed E-state index contributed by atoms with van der Waals surface area (Å²) in [5.74, 6) is -1.22. The van der Waals surface area contributed by atoms with Crippen LogP contribution in [0.25, 0.3) is 6.08 Å². The van der Waals surface area contributed by atoms with Crippen molar-refractivity contribution >= 4 is 76.5 Å². The highest BCUT2D eigenvalue weighted by Crippen LogP contribution is 2.30. The number of carbonyl (C=O) groups is 8. The predicted molar refractivity (Wildman–Crippen MR) is 338 cm³/mol. The van der Waals surface area contributed by atoms with Crippen LogP contribution in [0.5, 0.6) is 0 Å². The number of hydrogen-bond donors (Lipinski definition) is 9. The van der Waals surface area contributed by atoms with Gasteiger partial charge in [-0.25, -0.2) is 14.6 Å². The van der Waals surface area contributed by atoms with Crippen molar-refractivity contribution < 1.29 is 43.1 Å². The van der Waals surface area contributed by atoms with Crippen LogP contribution in [0.15, 0.2) is 89.6 Å². The molecule has 11 N–H and O–H groups in total. The molecule has 0 unspecified atom stereocenters. The minimum absolute atomic E-state index is 0.0543. The number of amides is 9. The lowest BCUT2D eigenvalue weighted by molar-refractivity contribution is -0.132. The number of anilines is 2. The number of ether oxygens (including phenoxy) is 1. The van der Waals surface area contributed by atoms with Gasteiger partial charge in [-0.05, 0) is 109 Å². The molecule has 2 aliphatic rings. The Kier molecular flexibility index (Phi) is 26.7. The molecule has 4 aromatic rings. The number of nitrogens with one attached hydrogen (secondary N) is 7. The van der Waals surface area contributed by atoms with E-state index in [4.69, 9.17) is 16.2 Å². The van der Waals surface area contributed by atoms with Gasteiger partial charge in [0, 0.05) is 105 Å². The molecule has 0 bridgehead atoms. The number of benzene rings is 3. The lowest BCUT2D eigenvalue weighted by Gasteiger charge is -2.28. The number of aliphatic imine (C=N–C) groups is 1. The Balaban J connectivity index is 0.904. The SMILES string of the molecule is CCCN(CCC)C(=O)C1=Cc2ccc(C(=O)Nc3cnc4c(c3)CN(Cc3ccc(C(=O)NCCNC(=O)OCc5ccc(NC(=O)[C@H](CCCNC(N)=O)NC(=O)[C@@H](NC(=O)CCCCCCC(C)C)C(C)C)cc5)cc3)CC4)cc2N=C(N)C1. The van der Waals surface area contributed by atoms with E-state index in [1.54, 1.807) is 60.8 Å². The maximum absolute atomic E-state index is 13.6. The van der Waals surface area contributed by atoms with Gasteiger partial charge in [0.05, 0.1) is 17.6 Å². The van der Waals surface area contributed by atoms with Crippen molar-refractivity contribution in [3.8, 4) is 0 Å². The minimum Gasteiger partial charge on any atom is -0.445 e. The van der Waals surface area contributed by atoms with Crippen molar-refractivity contribution in [2.24, 2.45) is 28.3 Å². The number of alkyl carbamates (subject to hydrolysis) is 1. The molecule has 22 heteroatoms. The fourth-order valence-corrected chi connectivity index (χ4v) is 10.2. The molecule has 87 heavy (non-hydrogen) atoms. The molecule has 0 saturated carbocycles. The van der Waals surface area contributed by atoms with Crippen LogP contribution in [-0.2, 0) is 50.0 Å². The fraction of sp³-hybridized carbons (Fsp3) is 0.477. The summed E-state index contributed by atoms with van der Waals surface area (Å²) in [7, 11) is 0. The Bertz CT molecular complexity index is 3070. The highest BCUT2D eigenvalue weighted by atomic mass is 16.5. The van der Waals surface area contributed by atoms with Crippen LogP contribution in [0.2, 0.25) is 0 Å². The Labute approximate surface area is 511 Å². The van der Waals surface area contributed by atoms with Gasteiger partial charge < -0.3 is 58.3 Å². The quantitative estimate of drug-likeness (QED) is 0.0210. The molecule has 2 atom stereocenters. The maximum atomic E-state index is 13.6. The summed E-state index contributed by atoms with van der Waals surface area (Å²) < 4.78 is 5.38. The molecule has 22 nitrogen and oxygen atoms in total. The van der Waals surface area contributed by atoms with Crippen LogP contribution in [0, 0.1) is 11.8 Å². The zero-order chi connectivity index (χ0) is 62.8. The summed E-state index contributed by atoms with van der Waals surface area (Å²) in [6.45, 7) is 15.8. The highest BCUT2D eigenvalue weighted by Gasteiger charge is 2.29. The lowest BCUT2D eigenvalue weighted by Crippen LogP contribution is -2.54. The normalized spacial score (nSPS) is 13.5. The number of hydrogen-bond acceptors (Lipinski definition) is 13. The molecule has 0 spiro atoms. The van der Waals surface area contributed by atoms with E-state index < -0.39 is 36.0 Å². The second kappa shape index (κ2) is 34.5. The number of nitrogens with zero attached hydrogens (tertiary/aromatic N) is 4. The summed E-state index contributed by atoms with van der Waals surface area (Å²) in [5.41, 5.74) is 18.8. The molecular formula is C65H89N13O9. The Morgan fingerprint density at radius 2 is 1.41 bits per heavy atom. The monoisotopic (exact) mass is 1200 g/mol. The molecule has 468 valence electrons. The third kappa shape index (κ3) is 22.3. The number of rotatable bonds is 32. The number of unbranched alkanes of at least 4 members (excludes halogenated alkanes) is 3. The summed E-state index contributed by atoms with van der Waals surface area (Å²) in [6.07, 6.45) is 11.2. The predicted octanol–water partition coefficient (Wildman–Crippen LogP) is 7.98. The second-order valence-electron chi connectivity index (χ2n) is 23.0. The number of nitrogens with two attached hydrogens (primary N) is 2. The van der Waals surface area contributed by atoms with Crippen molar-refractivity contribution in [1.29, 1.82) is 0 Å². The first-order chi connectivity index (χ1) is 41.8. The van der Waals surface area contributed by atoms with E-state index in [-0.39, 0.29) is 68.6 Å². The van der Waals surface area contributed by atoms with Gasteiger partial charge in [-0.2, -0.15) is 0 Å². The molecule has 0 radical (unpaired) electrons. The average molecular weight is 1200 g/mol. The van der Waals surface area contributed by atoms with E-state index in [1.807, 2.05) is 56.9 Å². The highest BCUT2D eigenvalue weighted by molar-refractivity contribution is 6.08. The van der Waals surface area contributed by atoms with Gasteiger partial charge in [0.15, 0.2) is 0 Å². The number of fused-ring (bicyclic) bond motifs is 2. The molecule has 2 aliphatic heterocycles. The molecule has 9 amide bonds. The summed E-state index contributed by atoms with van der Waals surface area (Å²) in [6, 6.07) is 18.5. The maximum Gasteiger partial charge on any atom is 0.407 e. The smallest absolute Gasteiger partial charge is 0.407 e. The standard InChI is InChI=1S/C65H89N13O9/c1-7-31-78(32-8-2)63(84)49-34-47-23-24-48(36-55(47)74-56(66)37-49)60(81)73-52-35-50-40-77(33-27-53(50)71-38-52)39-44-17-21-46(22-18-44)59(80)68-29-30-70-65(86)87-41-45-19-25-51(26-20-45)72-61(82)54(15-13-28-69-64(67)85)75-62(83)58(43(5)6)76-57(79)16-12-10-9-11-14-42(3)4/h17-26,34-36,38,42-43,54,58H,7-16,27-33,37,39-41H2,1-6H3,(H2,66,74)(H,68,80)(H,70,86)(H,72,82)(H,73,81)(H,75,83)(H,76,79)(H3,67,69,85)/t54-,58-/m0/s1. The van der Waals surface area contributed by atoms with Gasteiger partial charge in [-0.3, -0.25) is 38.7 Å². The van der Waals surface area contributed by atoms with Crippen LogP contribution < -0.4 is 48.7 Å². The summed E-state index contributed by atoms with van der Waals surface area (Å²) in [5, 5.41) is 19.4. The van der Waals surface area contributed by atoms with Gasteiger partial charge >= 0.3 is 12.1 Å². The molecule has 3 aromatic carbocycles. The van der Waals surface area contributed by atoms with Gasteiger partial charge in [0.2, 0.25) is 23.6 Å². The van der Waals surface area contributed by atoms with E-state index in [1.165, 1.54) is 0 Å². The Morgan fingerprint density at radius 1 is 0.713 bits per heavy atom. The Morgan fingerprint density at radius 3 is 2.11 bits per heavy atom. The third-order valence-electron chi connectivity index (χ3n) is 14.9. The van der Waals surface area contributed by atoms with Crippen molar-refractivity contribution in [2.45, 2.75) is 150 Å². The topological polar surface area (TPSA) is 314 Å². The number of primary amides is 1. The molecule has 1 aromatic heterocycles. The van der Waals surface area contributed by atoms with E-state index in [0.29, 0.717) is 95.7 Å². The number of pyridine rings is 1. The number of amidine groups is 1. The van der Waals surface area contributed by atoms with E-state index in [9.17, 15) is 38.4 Å². The van der Waals surface area contributed by atoms with Gasteiger partial charge in [0.1, 0.15) is 24.5 Å². The third-order valence-corrected chi connectivity index (χ3v) is 14.9. The van der Waals surface area contributed by atoms with Crippen LogP contribution >= 0.6 is 0 Å². The Hall–Kier alpha value is -8.66. The van der Waals surface area contributed by atoms with Gasteiger partial charge in [-0.15, -0.1) is 0 Å². The summed E-state index contributed by atoms with van der Waals surface area (Å²) >= 11 is 0. The lowest BCUT2D eigenvalue weighted by atomic mass is 10.0. The second-order valence-corrected chi connectivity index (χ2v) is 23.0. The summed E-state index contributed by atoms with van der Waals surface area (Å²) in [4.78, 5) is 117. The van der Waals surface area contributed by atoms with Crippen LogP contribution in [-0.4, -0.2) is 120 Å². The number of aromatic nitrogens is 1. The minimum atomic E-state index is -1.00. The van der Waals surface area contributed by atoms with Crippen LogP contribution in [0.3, 0.4) is 0 Å². The molecule has 6 rings (SSSR count). The van der Waals surface area contributed by atoms with Crippen molar-refractivity contribution in [2.75, 3.05) is 49.9 Å². The van der Waals surface area contributed by atoms with E-state index in [2.05, 4.69) is 65.9 Å². The van der Waals surface area contributed by atoms with Crippen LogP contribution in [0.4, 0.5) is 26.7 Å². The number of carbonyl (C=O) groups excluding carboxylic acids is 8. The molecule has 0 aliphatic carbocycles. The molecule has 0 fully saturated rings. The van der Waals surface area contributed by atoms with Crippen molar-refractivity contribution in [3.05, 3.63) is 124 Å². The van der Waals surface area contributed by atoms with E-state index in [0.717, 1.165) is 74.7 Å². The van der Waals surface area contributed by atoms with Crippen molar-refractivity contribution in [3.63, 3.8) is 0 Å². The first-order valence-corrected chi connectivity index (χ1v) is 30.6. The van der Waals surface area contributed by atoms with Crippen LogP contribution in [0.1, 0.15) is 161 Å². The molecule has 0 saturated heterocycles. The van der Waals surface area contributed by atoms with Crippen molar-refractivity contribution in [1.82, 2.24) is 41.4 Å².